The smallest absolute Gasteiger partial charge is 0.135 e. The molecule has 2 heteroatoms. The molecule has 0 atom stereocenters. The topological polar surface area (TPSA) is 13.1 Å². The van der Waals surface area contributed by atoms with E-state index >= 15 is 0 Å². The third-order valence-electron chi connectivity index (χ3n) is 2.84. The second-order valence-electron chi connectivity index (χ2n) is 4.18. The number of rotatable bonds is 5. The van der Waals surface area contributed by atoms with E-state index in [1.54, 1.807) is 0 Å². The number of hydrogen-bond donors (Lipinski definition) is 0. The van der Waals surface area contributed by atoms with Gasteiger partial charge in [0.2, 0.25) is 0 Å². The molecule has 0 unspecified atom stereocenters. The van der Waals surface area contributed by atoms with Gasteiger partial charge in [0, 0.05) is 11.8 Å². The lowest BCUT2D eigenvalue weighted by molar-refractivity contribution is 0.527. The molecule has 0 bridgehead atoms. The van der Waals surface area contributed by atoms with Crippen LogP contribution < -0.4 is 0 Å². The molecule has 86 valence electrons. The quantitative estimate of drug-likeness (QED) is 0.650. The summed E-state index contributed by atoms with van der Waals surface area (Å²) in [5.41, 5.74) is 0.901. The molecule has 0 N–H and O–H groups in total. The Morgan fingerprint density at radius 3 is 2.81 bits per heavy atom. The van der Waals surface area contributed by atoms with Gasteiger partial charge in [0.25, 0.3) is 0 Å². The predicted octanol–water partition coefficient (Wildman–Crippen LogP) is 5.21. The van der Waals surface area contributed by atoms with Crippen molar-refractivity contribution in [3.63, 3.8) is 0 Å². The number of aryl methyl sites for hydroxylation is 1. The van der Waals surface area contributed by atoms with Gasteiger partial charge in [0.05, 0.1) is 5.02 Å². The van der Waals surface area contributed by atoms with Gasteiger partial charge in [-0.2, -0.15) is 0 Å². The number of hydrogen-bond acceptors (Lipinski definition) is 1. The Labute approximate surface area is 101 Å². The maximum Gasteiger partial charge on any atom is 0.135 e. The summed E-state index contributed by atoms with van der Waals surface area (Å²) in [6, 6.07) is 7.87. The minimum absolute atomic E-state index is 0.779. The molecule has 16 heavy (non-hydrogen) atoms. The highest BCUT2D eigenvalue weighted by atomic mass is 35.5. The fraction of sp³-hybridized carbons (Fsp3) is 0.429. The van der Waals surface area contributed by atoms with Gasteiger partial charge in [-0.1, -0.05) is 43.9 Å². The first-order valence-corrected chi connectivity index (χ1v) is 6.36. The van der Waals surface area contributed by atoms with Gasteiger partial charge in [-0.15, -0.1) is 0 Å². The minimum atomic E-state index is 0.779. The lowest BCUT2D eigenvalue weighted by Crippen LogP contribution is -1.81. The van der Waals surface area contributed by atoms with E-state index in [-0.39, 0.29) is 0 Å². The average molecular weight is 237 g/mol. The van der Waals surface area contributed by atoms with E-state index in [4.69, 9.17) is 16.0 Å². The standard InChI is InChI=1S/C14H17ClO/c1-2-3-4-5-7-11-10-12-13(15)8-6-9-14(12)16-11/h6,8-10H,2-5,7H2,1H3. The molecule has 0 aliphatic carbocycles. The number of fused-ring (bicyclic) bond motifs is 1. The van der Waals surface area contributed by atoms with Gasteiger partial charge in [-0.25, -0.2) is 0 Å². The molecule has 0 spiro atoms. The van der Waals surface area contributed by atoms with Crippen molar-refractivity contribution in [1.29, 1.82) is 0 Å². The van der Waals surface area contributed by atoms with E-state index in [9.17, 15) is 0 Å². The lowest BCUT2D eigenvalue weighted by Gasteiger charge is -1.95. The van der Waals surface area contributed by atoms with E-state index in [2.05, 4.69) is 13.0 Å². The molecule has 0 fully saturated rings. The zero-order valence-corrected chi connectivity index (χ0v) is 10.4. The summed E-state index contributed by atoms with van der Waals surface area (Å²) in [6.45, 7) is 2.22. The second-order valence-corrected chi connectivity index (χ2v) is 4.58. The summed E-state index contributed by atoms with van der Waals surface area (Å²) in [7, 11) is 0. The molecule has 0 saturated carbocycles. The van der Waals surface area contributed by atoms with Crippen LogP contribution in [0.2, 0.25) is 5.02 Å². The minimum Gasteiger partial charge on any atom is -0.461 e. The SMILES string of the molecule is CCCCCCc1cc2c(Cl)cccc2o1. The van der Waals surface area contributed by atoms with Gasteiger partial charge >= 0.3 is 0 Å². The molecule has 2 rings (SSSR count). The van der Waals surface area contributed by atoms with Crippen molar-refractivity contribution in [3.8, 4) is 0 Å². The number of furan rings is 1. The van der Waals surface area contributed by atoms with E-state index in [0.29, 0.717) is 0 Å². The third-order valence-corrected chi connectivity index (χ3v) is 3.17. The van der Waals surface area contributed by atoms with Crippen LogP contribution in [0.3, 0.4) is 0 Å². The fourth-order valence-corrected chi connectivity index (χ4v) is 2.15. The molecular formula is C14H17ClO. The van der Waals surface area contributed by atoms with Crippen LogP contribution in [-0.2, 0) is 6.42 Å². The van der Waals surface area contributed by atoms with Crippen LogP contribution in [0, 0.1) is 0 Å². The summed E-state index contributed by atoms with van der Waals surface area (Å²) < 4.78 is 5.74. The Morgan fingerprint density at radius 1 is 1.19 bits per heavy atom. The normalized spacial score (nSPS) is 11.1. The predicted molar refractivity (Wildman–Crippen MR) is 69.1 cm³/mol. The highest BCUT2D eigenvalue weighted by Crippen LogP contribution is 2.27. The Morgan fingerprint density at radius 2 is 2.06 bits per heavy atom. The van der Waals surface area contributed by atoms with Crippen molar-refractivity contribution in [1.82, 2.24) is 0 Å². The fourth-order valence-electron chi connectivity index (χ4n) is 1.93. The molecule has 1 aromatic carbocycles. The number of benzene rings is 1. The van der Waals surface area contributed by atoms with Gasteiger partial charge in [0.1, 0.15) is 11.3 Å². The van der Waals surface area contributed by atoms with Gasteiger partial charge in [-0.05, 0) is 24.6 Å². The van der Waals surface area contributed by atoms with E-state index in [0.717, 1.165) is 28.2 Å². The second kappa shape index (κ2) is 5.40. The third kappa shape index (κ3) is 2.59. The van der Waals surface area contributed by atoms with E-state index in [1.165, 1.54) is 25.7 Å². The average Bonchev–Trinajstić information content (AvgIpc) is 2.69. The first-order valence-electron chi connectivity index (χ1n) is 5.98. The van der Waals surface area contributed by atoms with E-state index in [1.807, 2.05) is 18.2 Å². The highest BCUT2D eigenvalue weighted by molar-refractivity contribution is 6.35. The largest absolute Gasteiger partial charge is 0.461 e. The summed E-state index contributed by atoms with van der Waals surface area (Å²) in [5, 5.41) is 1.82. The summed E-state index contributed by atoms with van der Waals surface area (Å²) in [4.78, 5) is 0. The van der Waals surface area contributed by atoms with Crippen molar-refractivity contribution in [2.75, 3.05) is 0 Å². The maximum absolute atomic E-state index is 6.09. The maximum atomic E-state index is 6.09. The molecule has 1 heterocycles. The van der Waals surface area contributed by atoms with Crippen molar-refractivity contribution in [2.45, 2.75) is 39.0 Å². The molecular weight excluding hydrogens is 220 g/mol. The van der Waals surface area contributed by atoms with Crippen LogP contribution in [-0.4, -0.2) is 0 Å². The Balaban J connectivity index is 2.05. The van der Waals surface area contributed by atoms with Crippen LogP contribution in [0.1, 0.15) is 38.4 Å². The van der Waals surface area contributed by atoms with Crippen LogP contribution in [0.25, 0.3) is 11.0 Å². The highest BCUT2D eigenvalue weighted by Gasteiger charge is 2.05. The van der Waals surface area contributed by atoms with Gasteiger partial charge in [0.15, 0.2) is 0 Å². The summed E-state index contributed by atoms with van der Waals surface area (Å²) >= 11 is 6.09. The van der Waals surface area contributed by atoms with Crippen LogP contribution in [0.5, 0.6) is 0 Å². The zero-order chi connectivity index (χ0) is 11.4. The van der Waals surface area contributed by atoms with E-state index < -0.39 is 0 Å². The number of halogens is 1. The molecule has 1 aromatic heterocycles. The Bertz CT molecular complexity index is 459. The van der Waals surface area contributed by atoms with Crippen LogP contribution in [0.4, 0.5) is 0 Å². The van der Waals surface area contributed by atoms with Crippen molar-refractivity contribution >= 4 is 22.6 Å². The molecule has 0 aliphatic rings. The molecule has 2 aromatic rings. The monoisotopic (exact) mass is 236 g/mol. The molecule has 0 aliphatic heterocycles. The van der Waals surface area contributed by atoms with Gasteiger partial charge < -0.3 is 4.42 Å². The molecule has 0 saturated heterocycles. The zero-order valence-electron chi connectivity index (χ0n) is 9.63. The lowest BCUT2D eigenvalue weighted by atomic mass is 10.1. The van der Waals surface area contributed by atoms with Gasteiger partial charge in [-0.3, -0.25) is 0 Å². The molecule has 0 amide bonds. The molecule has 1 nitrogen and oxygen atoms in total. The van der Waals surface area contributed by atoms with Crippen LogP contribution in [0.15, 0.2) is 28.7 Å². The van der Waals surface area contributed by atoms with Crippen molar-refractivity contribution in [2.24, 2.45) is 0 Å². The van der Waals surface area contributed by atoms with Crippen molar-refractivity contribution < 1.29 is 4.42 Å². The Kier molecular flexibility index (Phi) is 3.89. The molecule has 0 radical (unpaired) electrons. The number of unbranched alkanes of at least 4 members (excludes halogenated alkanes) is 3. The summed E-state index contributed by atoms with van der Waals surface area (Å²) in [6.07, 6.45) is 6.07. The Hall–Kier alpha value is -0.950. The van der Waals surface area contributed by atoms with Crippen LogP contribution >= 0.6 is 11.6 Å². The van der Waals surface area contributed by atoms with Crippen molar-refractivity contribution in [3.05, 3.63) is 35.0 Å². The summed E-state index contributed by atoms with van der Waals surface area (Å²) in [5.74, 6) is 1.05. The first-order chi connectivity index (χ1) is 7.81. The first kappa shape index (κ1) is 11.5.